The fourth-order valence-corrected chi connectivity index (χ4v) is 4.68. The summed E-state index contributed by atoms with van der Waals surface area (Å²) in [5.41, 5.74) is 3.68. The Morgan fingerprint density at radius 3 is 2.46 bits per heavy atom. The average molecular weight is 509 g/mol. The maximum absolute atomic E-state index is 12.2. The minimum atomic E-state index is -0.360. The summed E-state index contributed by atoms with van der Waals surface area (Å²) in [6.45, 7) is 10.5. The molecule has 0 bridgehead atoms. The second-order valence-electron chi connectivity index (χ2n) is 10.6. The predicted octanol–water partition coefficient (Wildman–Crippen LogP) is 5.49. The zero-order chi connectivity index (χ0) is 26.5. The van der Waals surface area contributed by atoms with Crippen LogP contribution >= 0.6 is 0 Å². The van der Waals surface area contributed by atoms with Gasteiger partial charge in [-0.05, 0) is 79.4 Å². The highest BCUT2D eigenvalue weighted by molar-refractivity contribution is 5.80. The van der Waals surface area contributed by atoms with E-state index in [0.29, 0.717) is 25.5 Å². The highest BCUT2D eigenvalue weighted by Crippen LogP contribution is 2.21. The molecule has 1 N–H and O–H groups in total. The first kappa shape index (κ1) is 28.7. The molecule has 1 amide bonds. The van der Waals surface area contributed by atoms with Crippen molar-refractivity contribution in [2.45, 2.75) is 71.8 Å². The maximum atomic E-state index is 12.2. The van der Waals surface area contributed by atoms with Crippen molar-refractivity contribution in [3.05, 3.63) is 65.2 Å². The van der Waals surface area contributed by atoms with Crippen LogP contribution in [0.15, 0.2) is 48.5 Å². The third-order valence-electron chi connectivity index (χ3n) is 6.70. The lowest BCUT2D eigenvalue weighted by Crippen LogP contribution is -2.30. The summed E-state index contributed by atoms with van der Waals surface area (Å²) in [5, 5.41) is 2.79. The number of carbonyl (C=O) groups is 2. The Morgan fingerprint density at radius 1 is 0.973 bits per heavy atom. The van der Waals surface area contributed by atoms with Gasteiger partial charge in [-0.3, -0.25) is 14.5 Å². The van der Waals surface area contributed by atoms with Gasteiger partial charge in [0.05, 0.1) is 13.0 Å². The summed E-state index contributed by atoms with van der Waals surface area (Å²) in [7, 11) is 0. The minimum Gasteiger partial charge on any atom is -0.494 e. The molecule has 202 valence electrons. The minimum absolute atomic E-state index is 0.0409. The van der Waals surface area contributed by atoms with E-state index in [1.807, 2.05) is 19.1 Å². The van der Waals surface area contributed by atoms with Gasteiger partial charge in [-0.25, -0.2) is 0 Å². The lowest BCUT2D eigenvalue weighted by molar-refractivity contribution is -0.148. The van der Waals surface area contributed by atoms with Crippen molar-refractivity contribution in [2.24, 2.45) is 5.92 Å². The smallest absolute Gasteiger partial charge is 0.306 e. The molecule has 1 aliphatic rings. The van der Waals surface area contributed by atoms with Gasteiger partial charge >= 0.3 is 5.97 Å². The van der Waals surface area contributed by atoms with E-state index in [4.69, 9.17) is 9.47 Å². The number of benzene rings is 2. The molecule has 0 spiro atoms. The Balaban J connectivity index is 1.26. The molecule has 1 saturated heterocycles. The number of carbonyl (C=O) groups excluding carboxylic acids is 2. The molecule has 3 rings (SSSR count). The fourth-order valence-electron chi connectivity index (χ4n) is 4.68. The number of hydrogen-bond acceptors (Lipinski definition) is 5. The molecule has 1 fully saturated rings. The number of nitrogens with one attached hydrogen (secondary N) is 1. The lowest BCUT2D eigenvalue weighted by atomic mass is 9.95. The van der Waals surface area contributed by atoms with Crippen molar-refractivity contribution in [2.75, 3.05) is 32.8 Å². The second kappa shape index (κ2) is 15.4. The quantitative estimate of drug-likeness (QED) is 0.270. The molecule has 37 heavy (non-hydrogen) atoms. The number of piperidine rings is 1. The molecule has 1 heterocycles. The van der Waals surface area contributed by atoms with Gasteiger partial charge in [-0.1, -0.05) is 63.6 Å². The monoisotopic (exact) mass is 508 g/mol. The number of ether oxygens (including phenoxy) is 2. The number of amides is 1. The van der Waals surface area contributed by atoms with Gasteiger partial charge in [-0.15, -0.1) is 0 Å². The summed E-state index contributed by atoms with van der Waals surface area (Å²) in [4.78, 5) is 26.8. The van der Waals surface area contributed by atoms with Crippen LogP contribution in [0.25, 0.3) is 0 Å². The van der Waals surface area contributed by atoms with E-state index in [0.717, 1.165) is 24.3 Å². The lowest BCUT2D eigenvalue weighted by Gasteiger charge is -2.26. The first-order valence-corrected chi connectivity index (χ1v) is 13.8. The molecule has 0 saturated carbocycles. The Labute approximate surface area is 222 Å². The van der Waals surface area contributed by atoms with Crippen LogP contribution in [0.4, 0.5) is 0 Å². The number of nitrogens with zero attached hydrogens (tertiary/aromatic N) is 1. The molecule has 0 radical (unpaired) electrons. The molecule has 0 aliphatic carbocycles. The number of rotatable bonds is 14. The van der Waals surface area contributed by atoms with Gasteiger partial charge in [-0.2, -0.15) is 0 Å². The van der Waals surface area contributed by atoms with E-state index in [1.54, 1.807) is 0 Å². The van der Waals surface area contributed by atoms with E-state index in [1.165, 1.54) is 43.5 Å². The van der Waals surface area contributed by atoms with Gasteiger partial charge in [0.25, 0.3) is 5.91 Å². The molecule has 6 heteroatoms. The summed E-state index contributed by atoms with van der Waals surface area (Å²) in [6.07, 6.45) is 5.89. The van der Waals surface area contributed by atoms with Crippen molar-refractivity contribution < 1.29 is 19.1 Å². The van der Waals surface area contributed by atoms with Crippen molar-refractivity contribution in [3.63, 3.8) is 0 Å². The molecule has 0 unspecified atom stereocenters. The Hall–Kier alpha value is -2.86. The maximum Gasteiger partial charge on any atom is 0.306 e. The summed E-state index contributed by atoms with van der Waals surface area (Å²) in [5.74, 6) is 0.866. The standard InChI is InChI=1S/C31H44N2O4/c1-24(2)19-26-11-13-28(14-12-26)25(3)20-31(35)37-23-30(34)32-15-8-18-36-29-10-7-9-27(21-29)22-33-16-5-4-6-17-33/h7,9-14,21,24-25H,4-6,8,15-20,22-23H2,1-3H3,(H,32,34)/t25-/m0/s1. The van der Waals surface area contributed by atoms with E-state index < -0.39 is 0 Å². The van der Waals surface area contributed by atoms with Crippen molar-refractivity contribution in [1.29, 1.82) is 0 Å². The first-order valence-electron chi connectivity index (χ1n) is 13.8. The fraction of sp³-hybridized carbons (Fsp3) is 0.548. The second-order valence-corrected chi connectivity index (χ2v) is 10.6. The van der Waals surface area contributed by atoms with Crippen LogP contribution < -0.4 is 10.1 Å². The van der Waals surface area contributed by atoms with Crippen molar-refractivity contribution in [3.8, 4) is 5.75 Å². The highest BCUT2D eigenvalue weighted by atomic mass is 16.5. The van der Waals surface area contributed by atoms with Crippen molar-refractivity contribution >= 4 is 11.9 Å². The van der Waals surface area contributed by atoms with Gasteiger partial charge in [0.2, 0.25) is 0 Å². The molecule has 2 aromatic carbocycles. The van der Waals surface area contributed by atoms with Gasteiger partial charge in [0, 0.05) is 13.1 Å². The summed E-state index contributed by atoms with van der Waals surface area (Å²) < 4.78 is 11.1. The van der Waals surface area contributed by atoms with Crippen LogP contribution in [0.3, 0.4) is 0 Å². The molecular weight excluding hydrogens is 464 g/mol. The molecular formula is C31H44N2O4. The van der Waals surface area contributed by atoms with E-state index in [9.17, 15) is 9.59 Å². The van der Waals surface area contributed by atoms with E-state index >= 15 is 0 Å². The van der Waals surface area contributed by atoms with Crippen LogP contribution in [0.5, 0.6) is 5.75 Å². The van der Waals surface area contributed by atoms with Crippen LogP contribution in [0.2, 0.25) is 0 Å². The zero-order valence-electron chi connectivity index (χ0n) is 22.8. The molecule has 0 aromatic heterocycles. The third kappa shape index (κ3) is 11.0. The summed E-state index contributed by atoms with van der Waals surface area (Å²) >= 11 is 0. The Morgan fingerprint density at radius 2 is 1.73 bits per heavy atom. The van der Waals surface area contributed by atoms with Crippen LogP contribution in [-0.4, -0.2) is 49.6 Å². The first-order chi connectivity index (χ1) is 17.9. The SMILES string of the molecule is CC(C)Cc1ccc([C@@H](C)CC(=O)OCC(=O)NCCCOc2cccc(CN3CCCCC3)c2)cc1. The summed E-state index contributed by atoms with van der Waals surface area (Å²) in [6, 6.07) is 16.7. The van der Waals surface area contributed by atoms with Crippen LogP contribution in [-0.2, 0) is 27.3 Å². The van der Waals surface area contributed by atoms with Crippen LogP contribution in [0.1, 0.15) is 75.5 Å². The van der Waals surface area contributed by atoms with Gasteiger partial charge in [0.15, 0.2) is 6.61 Å². The normalized spacial score (nSPS) is 14.8. The van der Waals surface area contributed by atoms with Crippen LogP contribution in [0, 0.1) is 5.92 Å². The predicted molar refractivity (Wildman–Crippen MR) is 148 cm³/mol. The highest BCUT2D eigenvalue weighted by Gasteiger charge is 2.14. The molecule has 1 aliphatic heterocycles. The Bertz CT molecular complexity index is 967. The number of hydrogen-bond donors (Lipinski definition) is 1. The number of likely N-dealkylation sites (tertiary alicyclic amines) is 1. The Kier molecular flexibility index (Phi) is 12.0. The molecule has 6 nitrogen and oxygen atoms in total. The van der Waals surface area contributed by atoms with Crippen molar-refractivity contribution in [1.82, 2.24) is 10.2 Å². The van der Waals surface area contributed by atoms with E-state index in [2.05, 4.69) is 60.5 Å². The molecule has 1 atom stereocenters. The van der Waals surface area contributed by atoms with E-state index in [-0.39, 0.29) is 30.8 Å². The molecule has 2 aromatic rings. The third-order valence-corrected chi connectivity index (χ3v) is 6.70. The van der Waals surface area contributed by atoms with Gasteiger partial charge < -0.3 is 14.8 Å². The largest absolute Gasteiger partial charge is 0.494 e. The number of esters is 1. The van der Waals surface area contributed by atoms with Gasteiger partial charge in [0.1, 0.15) is 5.75 Å². The average Bonchev–Trinajstić information content (AvgIpc) is 2.88. The topological polar surface area (TPSA) is 67.9 Å². The zero-order valence-corrected chi connectivity index (χ0v) is 22.8.